The average Bonchev–Trinajstić information content (AvgIpc) is 2.59. The molecule has 0 fully saturated rings. The zero-order chi connectivity index (χ0) is 16.9. The van der Waals surface area contributed by atoms with E-state index in [0.29, 0.717) is 17.5 Å². The minimum absolute atomic E-state index is 0.217. The molecule has 3 N–H and O–H groups in total. The highest BCUT2D eigenvalue weighted by Gasteiger charge is 2.07. The van der Waals surface area contributed by atoms with Crippen LogP contribution in [-0.4, -0.2) is 21.0 Å². The van der Waals surface area contributed by atoms with Gasteiger partial charge in [-0.15, -0.1) is 0 Å². The normalized spacial score (nSPS) is 10.2. The molecule has 120 valence electrons. The van der Waals surface area contributed by atoms with E-state index in [2.05, 4.69) is 20.6 Å². The number of aryl methyl sites for hydroxylation is 1. The number of aromatic nitrogens is 2. The van der Waals surface area contributed by atoms with Gasteiger partial charge in [0, 0.05) is 23.1 Å². The molecule has 0 aliphatic carbocycles. The van der Waals surface area contributed by atoms with Gasteiger partial charge in [0.1, 0.15) is 5.82 Å². The first-order valence-corrected chi connectivity index (χ1v) is 7.38. The van der Waals surface area contributed by atoms with Crippen molar-refractivity contribution in [2.45, 2.75) is 6.92 Å². The molecule has 3 rings (SSSR count). The van der Waals surface area contributed by atoms with Gasteiger partial charge in [-0.05, 0) is 37.3 Å². The third-order valence-electron chi connectivity index (χ3n) is 3.37. The third kappa shape index (κ3) is 3.67. The van der Waals surface area contributed by atoms with Crippen LogP contribution in [0.25, 0.3) is 0 Å². The number of carbonyl (C=O) groups is 1. The molecule has 0 unspecified atom stereocenters. The number of nitrogens with one attached hydrogen (secondary N) is 2. The summed E-state index contributed by atoms with van der Waals surface area (Å²) in [5, 5.41) is 15.3. The number of nitrogens with zero attached hydrogens (tertiary/aromatic N) is 2. The highest BCUT2D eigenvalue weighted by molar-refractivity contribution is 5.89. The number of hydrogen-bond donors (Lipinski definition) is 3. The van der Waals surface area contributed by atoms with Crippen molar-refractivity contribution >= 4 is 29.1 Å². The lowest BCUT2D eigenvalue weighted by molar-refractivity contribution is 0.0697. The summed E-state index contributed by atoms with van der Waals surface area (Å²) in [6, 6.07) is 16.2. The topological polar surface area (TPSA) is 87.1 Å². The Kier molecular flexibility index (Phi) is 4.38. The van der Waals surface area contributed by atoms with Gasteiger partial charge in [0.05, 0.1) is 5.56 Å². The fourth-order valence-corrected chi connectivity index (χ4v) is 2.15. The van der Waals surface area contributed by atoms with Gasteiger partial charge < -0.3 is 15.7 Å². The van der Waals surface area contributed by atoms with Gasteiger partial charge in [0.2, 0.25) is 5.95 Å². The molecule has 1 aromatic heterocycles. The molecular formula is C18H16N4O2. The maximum Gasteiger partial charge on any atom is 0.335 e. The van der Waals surface area contributed by atoms with E-state index in [0.717, 1.165) is 11.3 Å². The molecule has 2 aromatic carbocycles. The predicted molar refractivity (Wildman–Crippen MR) is 93.2 cm³/mol. The molecule has 0 amide bonds. The van der Waals surface area contributed by atoms with Crippen LogP contribution >= 0.6 is 0 Å². The van der Waals surface area contributed by atoms with Crippen molar-refractivity contribution < 1.29 is 9.90 Å². The molecule has 0 aliphatic rings. The average molecular weight is 320 g/mol. The Bertz CT molecular complexity index is 866. The summed E-state index contributed by atoms with van der Waals surface area (Å²) in [7, 11) is 0. The van der Waals surface area contributed by atoms with Crippen LogP contribution in [0.5, 0.6) is 0 Å². The van der Waals surface area contributed by atoms with Gasteiger partial charge in [0.15, 0.2) is 0 Å². The number of rotatable bonds is 5. The summed E-state index contributed by atoms with van der Waals surface area (Å²) < 4.78 is 0. The molecule has 3 aromatic rings. The van der Waals surface area contributed by atoms with E-state index in [9.17, 15) is 4.79 Å². The SMILES string of the molecule is Cc1cnc(Nc2ccccc2)nc1Nc1cccc(C(=O)O)c1. The van der Waals surface area contributed by atoms with Crippen molar-refractivity contribution in [2.75, 3.05) is 10.6 Å². The maximum absolute atomic E-state index is 11.1. The predicted octanol–water partition coefficient (Wildman–Crippen LogP) is 3.97. The van der Waals surface area contributed by atoms with Gasteiger partial charge in [-0.1, -0.05) is 24.3 Å². The fraction of sp³-hybridized carbons (Fsp3) is 0.0556. The van der Waals surface area contributed by atoms with Gasteiger partial charge in [-0.3, -0.25) is 0 Å². The third-order valence-corrected chi connectivity index (χ3v) is 3.37. The second kappa shape index (κ2) is 6.78. The summed E-state index contributed by atoms with van der Waals surface area (Å²) in [5.74, 6) is 0.110. The van der Waals surface area contributed by atoms with Gasteiger partial charge in [-0.25, -0.2) is 9.78 Å². The number of benzene rings is 2. The second-order valence-electron chi connectivity index (χ2n) is 5.23. The summed E-state index contributed by atoms with van der Waals surface area (Å²) in [5.41, 5.74) is 2.62. The largest absolute Gasteiger partial charge is 0.478 e. The molecule has 0 spiro atoms. The summed E-state index contributed by atoms with van der Waals surface area (Å²) in [6.45, 7) is 1.88. The van der Waals surface area contributed by atoms with Crippen molar-refractivity contribution in [3.8, 4) is 0 Å². The van der Waals surface area contributed by atoms with E-state index in [1.165, 1.54) is 0 Å². The second-order valence-corrected chi connectivity index (χ2v) is 5.23. The van der Waals surface area contributed by atoms with Crippen LogP contribution in [0.4, 0.5) is 23.1 Å². The van der Waals surface area contributed by atoms with Crippen molar-refractivity contribution in [3.63, 3.8) is 0 Å². The molecule has 0 atom stereocenters. The Morgan fingerprint density at radius 2 is 1.75 bits per heavy atom. The van der Waals surface area contributed by atoms with E-state index >= 15 is 0 Å². The fourth-order valence-electron chi connectivity index (χ4n) is 2.15. The highest BCUT2D eigenvalue weighted by Crippen LogP contribution is 2.21. The number of para-hydroxylation sites is 1. The standard InChI is InChI=1S/C18H16N4O2/c1-12-11-19-18(21-14-7-3-2-4-8-14)22-16(12)20-15-9-5-6-13(10-15)17(23)24/h2-11H,1H3,(H,23,24)(H2,19,20,21,22). The van der Waals surface area contributed by atoms with E-state index in [-0.39, 0.29) is 5.56 Å². The Morgan fingerprint density at radius 1 is 1.00 bits per heavy atom. The molecule has 24 heavy (non-hydrogen) atoms. The van der Waals surface area contributed by atoms with Crippen LogP contribution in [0, 0.1) is 6.92 Å². The van der Waals surface area contributed by atoms with Crippen LogP contribution in [0.15, 0.2) is 60.8 Å². The summed E-state index contributed by atoms with van der Waals surface area (Å²) >= 11 is 0. The first-order valence-electron chi connectivity index (χ1n) is 7.38. The van der Waals surface area contributed by atoms with Crippen LogP contribution in [-0.2, 0) is 0 Å². The van der Waals surface area contributed by atoms with E-state index in [1.54, 1.807) is 30.5 Å². The lowest BCUT2D eigenvalue weighted by Crippen LogP contribution is -2.03. The van der Waals surface area contributed by atoms with E-state index in [1.807, 2.05) is 37.3 Å². The van der Waals surface area contributed by atoms with Gasteiger partial charge in [0.25, 0.3) is 0 Å². The maximum atomic E-state index is 11.1. The molecule has 6 heteroatoms. The zero-order valence-electron chi connectivity index (χ0n) is 13.0. The van der Waals surface area contributed by atoms with Crippen LogP contribution < -0.4 is 10.6 Å². The number of anilines is 4. The molecular weight excluding hydrogens is 304 g/mol. The van der Waals surface area contributed by atoms with E-state index < -0.39 is 5.97 Å². The smallest absolute Gasteiger partial charge is 0.335 e. The molecule has 0 radical (unpaired) electrons. The van der Waals surface area contributed by atoms with Crippen molar-refractivity contribution in [1.29, 1.82) is 0 Å². The lowest BCUT2D eigenvalue weighted by atomic mass is 10.2. The van der Waals surface area contributed by atoms with Crippen LogP contribution in [0.2, 0.25) is 0 Å². The first-order chi connectivity index (χ1) is 11.6. The number of carboxylic acid groups (broad SMARTS) is 1. The molecule has 0 saturated carbocycles. The van der Waals surface area contributed by atoms with Crippen LogP contribution in [0.1, 0.15) is 15.9 Å². The summed E-state index contributed by atoms with van der Waals surface area (Å²) in [6.07, 6.45) is 1.71. The van der Waals surface area contributed by atoms with E-state index in [4.69, 9.17) is 5.11 Å². The Balaban J connectivity index is 1.84. The molecule has 0 aliphatic heterocycles. The molecule has 0 saturated heterocycles. The van der Waals surface area contributed by atoms with Gasteiger partial charge in [-0.2, -0.15) is 4.98 Å². The minimum atomic E-state index is -0.968. The van der Waals surface area contributed by atoms with Crippen LogP contribution in [0.3, 0.4) is 0 Å². The Hall–Kier alpha value is -3.41. The van der Waals surface area contributed by atoms with Crippen molar-refractivity contribution in [3.05, 3.63) is 71.9 Å². The van der Waals surface area contributed by atoms with Gasteiger partial charge >= 0.3 is 5.97 Å². The minimum Gasteiger partial charge on any atom is -0.478 e. The van der Waals surface area contributed by atoms with Crippen molar-refractivity contribution in [1.82, 2.24) is 9.97 Å². The molecule has 1 heterocycles. The number of aromatic carboxylic acids is 1. The number of carboxylic acids is 1. The number of hydrogen-bond acceptors (Lipinski definition) is 5. The quantitative estimate of drug-likeness (QED) is 0.659. The highest BCUT2D eigenvalue weighted by atomic mass is 16.4. The Labute approximate surface area is 139 Å². The van der Waals surface area contributed by atoms with Crippen molar-refractivity contribution in [2.24, 2.45) is 0 Å². The molecule has 0 bridgehead atoms. The Morgan fingerprint density at radius 3 is 2.50 bits per heavy atom. The first kappa shape index (κ1) is 15.5. The molecule has 6 nitrogen and oxygen atoms in total. The lowest BCUT2D eigenvalue weighted by Gasteiger charge is -2.11. The monoisotopic (exact) mass is 320 g/mol. The summed E-state index contributed by atoms with van der Waals surface area (Å²) in [4.78, 5) is 19.8. The zero-order valence-corrected chi connectivity index (χ0v) is 13.0.